The van der Waals surface area contributed by atoms with Gasteiger partial charge in [-0.15, -0.1) is 0 Å². The molecule has 1 aromatic rings. The summed E-state index contributed by atoms with van der Waals surface area (Å²) in [7, 11) is -3.23. The minimum absolute atomic E-state index is 0.179. The van der Waals surface area contributed by atoms with Gasteiger partial charge < -0.3 is 5.73 Å². The fourth-order valence-electron chi connectivity index (χ4n) is 2.91. The fraction of sp³-hybridized carbons (Fsp3) is 0.625. The number of hydrogen-bond donors (Lipinski definition) is 1. The van der Waals surface area contributed by atoms with Crippen LogP contribution in [0.3, 0.4) is 0 Å². The molecule has 5 heteroatoms. The van der Waals surface area contributed by atoms with Gasteiger partial charge in [0.2, 0.25) is 0 Å². The molecule has 2 unspecified atom stereocenters. The highest BCUT2D eigenvalue weighted by molar-refractivity contribution is 7.91. The summed E-state index contributed by atoms with van der Waals surface area (Å²) in [4.78, 5) is 2.70. The molecule has 1 heterocycles. The smallest absolute Gasteiger partial charge is 0.179 e. The summed E-state index contributed by atoms with van der Waals surface area (Å²) in [6.45, 7) is 6.40. The van der Waals surface area contributed by atoms with Crippen molar-refractivity contribution in [2.45, 2.75) is 44.2 Å². The standard InChI is InChI=1S/C16H26N2O2S/c1-13-6-7-14(2)18(12-13)8-9-21(19,20)16-5-3-4-15(10-16)11-17/h3-5,10,13-14H,6-9,11-12,17H2,1-2H3. The molecule has 1 aliphatic heterocycles. The molecule has 1 saturated heterocycles. The van der Waals surface area contributed by atoms with Gasteiger partial charge in [-0.05, 0) is 43.4 Å². The Morgan fingerprint density at radius 1 is 1.29 bits per heavy atom. The number of rotatable bonds is 5. The van der Waals surface area contributed by atoms with Crippen molar-refractivity contribution in [3.63, 3.8) is 0 Å². The van der Waals surface area contributed by atoms with Gasteiger partial charge in [0, 0.05) is 25.7 Å². The van der Waals surface area contributed by atoms with Crippen molar-refractivity contribution in [3.05, 3.63) is 29.8 Å². The van der Waals surface area contributed by atoms with Crippen LogP contribution in [0, 0.1) is 5.92 Å². The van der Waals surface area contributed by atoms with Gasteiger partial charge in [-0.2, -0.15) is 0 Å². The summed E-state index contributed by atoms with van der Waals surface area (Å²) >= 11 is 0. The average molecular weight is 310 g/mol. The summed E-state index contributed by atoms with van der Waals surface area (Å²) in [5.74, 6) is 0.836. The monoisotopic (exact) mass is 310 g/mol. The lowest BCUT2D eigenvalue weighted by Crippen LogP contribution is -2.43. The Bertz CT molecular complexity index is 571. The molecule has 2 atom stereocenters. The molecule has 4 nitrogen and oxygen atoms in total. The third-order valence-corrected chi connectivity index (χ3v) is 6.08. The molecule has 2 rings (SSSR count). The largest absolute Gasteiger partial charge is 0.326 e. The Labute approximate surface area is 128 Å². The summed E-state index contributed by atoms with van der Waals surface area (Å²) in [6, 6.07) is 7.45. The maximum absolute atomic E-state index is 12.5. The van der Waals surface area contributed by atoms with Crippen LogP contribution in [0.15, 0.2) is 29.2 Å². The lowest BCUT2D eigenvalue weighted by atomic mass is 9.95. The van der Waals surface area contributed by atoms with Crippen LogP contribution in [-0.2, 0) is 16.4 Å². The number of piperidine rings is 1. The Morgan fingerprint density at radius 2 is 2.05 bits per heavy atom. The molecule has 0 aromatic heterocycles. The van der Waals surface area contributed by atoms with E-state index in [1.807, 2.05) is 6.07 Å². The van der Waals surface area contributed by atoms with Crippen LogP contribution in [0.4, 0.5) is 0 Å². The molecule has 0 spiro atoms. The Hall–Kier alpha value is -0.910. The third-order valence-electron chi connectivity index (χ3n) is 4.39. The van der Waals surface area contributed by atoms with Crippen LogP contribution in [0.2, 0.25) is 0 Å². The molecule has 1 aromatic carbocycles. The number of sulfone groups is 1. The third kappa shape index (κ3) is 4.28. The normalized spacial score (nSPS) is 24.1. The molecule has 1 fully saturated rings. The van der Waals surface area contributed by atoms with Gasteiger partial charge in [-0.1, -0.05) is 19.1 Å². The molecule has 0 aliphatic carbocycles. The predicted octanol–water partition coefficient (Wildman–Crippen LogP) is 2.04. The van der Waals surface area contributed by atoms with Gasteiger partial charge in [-0.25, -0.2) is 8.42 Å². The molecule has 118 valence electrons. The van der Waals surface area contributed by atoms with Crippen molar-refractivity contribution in [2.24, 2.45) is 11.7 Å². The van der Waals surface area contributed by atoms with E-state index in [1.165, 1.54) is 6.42 Å². The SMILES string of the molecule is CC1CCC(C)N(CCS(=O)(=O)c2cccc(CN)c2)C1. The van der Waals surface area contributed by atoms with Crippen LogP contribution >= 0.6 is 0 Å². The number of likely N-dealkylation sites (tertiary alicyclic amines) is 1. The molecule has 1 aliphatic rings. The topological polar surface area (TPSA) is 63.4 Å². The van der Waals surface area contributed by atoms with E-state index in [9.17, 15) is 8.42 Å². The molecule has 0 radical (unpaired) electrons. The van der Waals surface area contributed by atoms with Gasteiger partial charge in [-0.3, -0.25) is 4.90 Å². The van der Waals surface area contributed by atoms with Crippen LogP contribution in [0.25, 0.3) is 0 Å². The number of benzene rings is 1. The maximum Gasteiger partial charge on any atom is 0.179 e. The molecule has 0 amide bonds. The zero-order valence-corrected chi connectivity index (χ0v) is 13.8. The minimum atomic E-state index is -3.23. The van der Waals surface area contributed by atoms with Crippen molar-refractivity contribution in [2.75, 3.05) is 18.8 Å². The minimum Gasteiger partial charge on any atom is -0.326 e. The second-order valence-corrected chi connectivity index (χ2v) is 8.31. The molecular weight excluding hydrogens is 284 g/mol. The van der Waals surface area contributed by atoms with Gasteiger partial charge in [0.1, 0.15) is 0 Å². The van der Waals surface area contributed by atoms with Gasteiger partial charge >= 0.3 is 0 Å². The number of nitrogens with two attached hydrogens (primary N) is 1. The lowest BCUT2D eigenvalue weighted by Gasteiger charge is -2.36. The highest BCUT2D eigenvalue weighted by Gasteiger charge is 2.24. The summed E-state index contributed by atoms with van der Waals surface area (Å²) in [5, 5.41) is 0. The zero-order valence-electron chi connectivity index (χ0n) is 13.0. The van der Waals surface area contributed by atoms with Crippen molar-refractivity contribution in [1.82, 2.24) is 4.90 Å². The quantitative estimate of drug-likeness (QED) is 0.904. The van der Waals surface area contributed by atoms with Crippen molar-refractivity contribution in [3.8, 4) is 0 Å². The van der Waals surface area contributed by atoms with E-state index in [1.54, 1.807) is 18.2 Å². The first kappa shape index (κ1) is 16.5. The van der Waals surface area contributed by atoms with Crippen LogP contribution in [-0.4, -0.2) is 38.2 Å². The van der Waals surface area contributed by atoms with E-state index in [4.69, 9.17) is 5.73 Å². The first-order valence-electron chi connectivity index (χ1n) is 7.68. The average Bonchev–Trinajstić information content (AvgIpc) is 2.48. The number of hydrogen-bond acceptors (Lipinski definition) is 4. The second-order valence-electron chi connectivity index (χ2n) is 6.20. The highest BCUT2D eigenvalue weighted by Crippen LogP contribution is 2.22. The van der Waals surface area contributed by atoms with E-state index in [2.05, 4.69) is 18.7 Å². The summed E-state index contributed by atoms with van der Waals surface area (Å²) < 4.78 is 24.9. The maximum atomic E-state index is 12.5. The van der Waals surface area contributed by atoms with E-state index in [0.29, 0.717) is 29.9 Å². The Morgan fingerprint density at radius 3 is 2.76 bits per heavy atom. The Kier molecular flexibility index (Phi) is 5.41. The first-order valence-corrected chi connectivity index (χ1v) is 9.33. The molecule has 0 bridgehead atoms. The second kappa shape index (κ2) is 6.90. The fourth-order valence-corrected chi connectivity index (χ4v) is 4.24. The van der Waals surface area contributed by atoms with E-state index < -0.39 is 9.84 Å². The van der Waals surface area contributed by atoms with E-state index >= 15 is 0 Å². The van der Waals surface area contributed by atoms with Crippen molar-refractivity contribution >= 4 is 9.84 Å². The summed E-state index contributed by atoms with van der Waals surface area (Å²) in [6.07, 6.45) is 2.40. The zero-order chi connectivity index (χ0) is 15.5. The molecular formula is C16H26N2O2S. The van der Waals surface area contributed by atoms with Crippen LogP contribution in [0.5, 0.6) is 0 Å². The number of nitrogens with zero attached hydrogens (tertiary/aromatic N) is 1. The molecule has 21 heavy (non-hydrogen) atoms. The molecule has 0 saturated carbocycles. The lowest BCUT2D eigenvalue weighted by molar-refractivity contribution is 0.133. The van der Waals surface area contributed by atoms with Crippen molar-refractivity contribution < 1.29 is 8.42 Å². The van der Waals surface area contributed by atoms with Crippen LogP contribution in [0.1, 0.15) is 32.3 Å². The van der Waals surface area contributed by atoms with E-state index in [-0.39, 0.29) is 5.75 Å². The van der Waals surface area contributed by atoms with Crippen LogP contribution < -0.4 is 5.73 Å². The predicted molar refractivity (Wildman–Crippen MR) is 85.8 cm³/mol. The highest BCUT2D eigenvalue weighted by atomic mass is 32.2. The van der Waals surface area contributed by atoms with Gasteiger partial charge in [0.05, 0.1) is 10.6 Å². The van der Waals surface area contributed by atoms with Gasteiger partial charge in [0.15, 0.2) is 9.84 Å². The van der Waals surface area contributed by atoms with E-state index in [0.717, 1.165) is 18.5 Å². The van der Waals surface area contributed by atoms with Crippen molar-refractivity contribution in [1.29, 1.82) is 0 Å². The summed E-state index contributed by atoms with van der Waals surface area (Å²) in [5.41, 5.74) is 6.44. The first-order chi connectivity index (χ1) is 9.92. The molecule has 2 N–H and O–H groups in total. The Balaban J connectivity index is 2.03. The van der Waals surface area contributed by atoms with Gasteiger partial charge in [0.25, 0.3) is 0 Å².